The Labute approximate surface area is 129 Å². The van der Waals surface area contributed by atoms with E-state index in [9.17, 15) is 0 Å². The van der Waals surface area contributed by atoms with Crippen molar-refractivity contribution in [2.75, 3.05) is 13.2 Å². The Morgan fingerprint density at radius 1 is 1.33 bits per heavy atom. The van der Waals surface area contributed by atoms with E-state index in [0.717, 1.165) is 41.7 Å². The number of hydrogen-bond donors (Lipinski definition) is 1. The van der Waals surface area contributed by atoms with E-state index in [0.29, 0.717) is 6.61 Å². The van der Waals surface area contributed by atoms with E-state index in [4.69, 9.17) is 9.47 Å². The third kappa shape index (κ3) is 3.19. The van der Waals surface area contributed by atoms with Crippen molar-refractivity contribution in [2.24, 2.45) is 0 Å². The molecular weight excluding hydrogens is 284 g/mol. The fraction of sp³-hybridized carbons (Fsp3) is 0.438. The molecule has 112 valence electrons. The fourth-order valence-corrected chi connectivity index (χ4v) is 3.32. The Kier molecular flexibility index (Phi) is 4.41. The number of aromatic nitrogens is 1. The summed E-state index contributed by atoms with van der Waals surface area (Å²) in [4.78, 5) is 5.94. The van der Waals surface area contributed by atoms with Gasteiger partial charge >= 0.3 is 0 Å². The van der Waals surface area contributed by atoms with Crippen molar-refractivity contribution >= 4 is 11.3 Å². The van der Waals surface area contributed by atoms with Crippen molar-refractivity contribution in [1.29, 1.82) is 0 Å². The molecule has 5 heteroatoms. The van der Waals surface area contributed by atoms with Gasteiger partial charge in [0.15, 0.2) is 17.6 Å². The second kappa shape index (κ2) is 6.45. The molecule has 0 radical (unpaired) electrons. The average Bonchev–Trinajstić information content (AvgIpc) is 2.88. The van der Waals surface area contributed by atoms with Crippen LogP contribution in [0.1, 0.15) is 35.0 Å². The molecule has 3 rings (SSSR count). The quantitative estimate of drug-likeness (QED) is 0.859. The number of aryl methyl sites for hydroxylation is 1. The minimum Gasteiger partial charge on any atom is -0.485 e. The molecule has 1 aromatic heterocycles. The van der Waals surface area contributed by atoms with Gasteiger partial charge in [-0.05, 0) is 32.0 Å². The number of thiazole rings is 1. The molecule has 0 bridgehead atoms. The summed E-state index contributed by atoms with van der Waals surface area (Å²) < 4.78 is 11.8. The summed E-state index contributed by atoms with van der Waals surface area (Å²) in [5.41, 5.74) is 1.08. The Hall–Kier alpha value is -1.59. The van der Waals surface area contributed by atoms with Gasteiger partial charge in [0, 0.05) is 11.4 Å². The summed E-state index contributed by atoms with van der Waals surface area (Å²) in [6.45, 7) is 6.65. The van der Waals surface area contributed by atoms with Crippen LogP contribution in [0.3, 0.4) is 0 Å². The third-order valence-electron chi connectivity index (χ3n) is 3.41. The highest BCUT2D eigenvalue weighted by Crippen LogP contribution is 2.37. The first-order chi connectivity index (χ1) is 10.3. The topological polar surface area (TPSA) is 43.4 Å². The molecule has 0 fully saturated rings. The van der Waals surface area contributed by atoms with E-state index in [1.807, 2.05) is 24.3 Å². The van der Waals surface area contributed by atoms with E-state index < -0.39 is 0 Å². The molecule has 0 spiro atoms. The summed E-state index contributed by atoms with van der Waals surface area (Å²) in [5.74, 6) is 1.61. The highest BCUT2D eigenvalue weighted by Gasteiger charge is 2.25. The molecule has 1 N–H and O–H groups in total. The minimum atomic E-state index is -0.108. The number of fused-ring (bicyclic) bond motifs is 1. The summed E-state index contributed by atoms with van der Waals surface area (Å²) in [6, 6.07) is 7.77. The number of ether oxygens (including phenoxy) is 2. The van der Waals surface area contributed by atoms with Gasteiger partial charge in [-0.2, -0.15) is 0 Å². The highest BCUT2D eigenvalue weighted by atomic mass is 32.1. The van der Waals surface area contributed by atoms with Gasteiger partial charge in [-0.25, -0.2) is 4.98 Å². The second-order valence-corrected chi connectivity index (χ2v) is 6.22. The Morgan fingerprint density at radius 3 is 2.95 bits per heavy atom. The van der Waals surface area contributed by atoms with Gasteiger partial charge in [-0.15, -0.1) is 11.3 Å². The smallest absolute Gasteiger partial charge is 0.184 e. The van der Waals surface area contributed by atoms with Gasteiger partial charge in [0.05, 0.1) is 5.69 Å². The molecule has 1 aromatic carbocycles. The molecule has 21 heavy (non-hydrogen) atoms. The normalized spacial score (nSPS) is 17.0. The molecule has 2 aromatic rings. The van der Waals surface area contributed by atoms with Crippen LogP contribution >= 0.6 is 11.3 Å². The summed E-state index contributed by atoms with van der Waals surface area (Å²) in [5, 5.41) is 4.42. The Morgan fingerprint density at radius 2 is 2.14 bits per heavy atom. The first-order valence-corrected chi connectivity index (χ1v) is 8.15. The molecule has 0 saturated carbocycles. The van der Waals surface area contributed by atoms with E-state index in [1.54, 1.807) is 11.3 Å². The van der Waals surface area contributed by atoms with E-state index in [2.05, 4.69) is 24.1 Å². The van der Waals surface area contributed by atoms with Crippen LogP contribution < -0.4 is 14.8 Å². The average molecular weight is 304 g/mol. The van der Waals surface area contributed by atoms with Crippen LogP contribution in [0.15, 0.2) is 24.3 Å². The first-order valence-electron chi connectivity index (χ1n) is 7.33. The molecule has 4 nitrogen and oxygen atoms in total. The number of benzene rings is 1. The molecular formula is C16H20N2O2S. The van der Waals surface area contributed by atoms with Crippen molar-refractivity contribution in [3.05, 3.63) is 39.8 Å². The van der Waals surface area contributed by atoms with Crippen molar-refractivity contribution in [3.8, 4) is 11.5 Å². The van der Waals surface area contributed by atoms with Gasteiger partial charge in [-0.3, -0.25) is 0 Å². The first kappa shape index (κ1) is 14.4. The lowest BCUT2D eigenvalue weighted by molar-refractivity contribution is 0.0910. The van der Waals surface area contributed by atoms with Crippen molar-refractivity contribution in [3.63, 3.8) is 0 Å². The third-order valence-corrected chi connectivity index (χ3v) is 4.66. The molecule has 2 heterocycles. The Bertz CT molecular complexity index is 612. The number of hydrogen-bond acceptors (Lipinski definition) is 5. The zero-order valence-corrected chi connectivity index (χ0v) is 13.2. The number of para-hydroxylation sites is 2. The monoisotopic (exact) mass is 304 g/mol. The Balaban J connectivity index is 1.72. The summed E-state index contributed by atoms with van der Waals surface area (Å²) in [6.07, 6.45) is 1.03. The highest BCUT2D eigenvalue weighted by molar-refractivity contribution is 7.11. The van der Waals surface area contributed by atoms with Crippen LogP contribution in [-0.2, 0) is 6.54 Å². The predicted octanol–water partition coefficient (Wildman–Crippen LogP) is 3.46. The van der Waals surface area contributed by atoms with Crippen molar-refractivity contribution < 1.29 is 9.47 Å². The minimum absolute atomic E-state index is 0.108. The van der Waals surface area contributed by atoms with Crippen molar-refractivity contribution in [2.45, 2.75) is 32.9 Å². The lowest BCUT2D eigenvalue weighted by atomic mass is 10.2. The van der Waals surface area contributed by atoms with Crippen LogP contribution in [0.5, 0.6) is 11.5 Å². The maximum absolute atomic E-state index is 6.01. The largest absolute Gasteiger partial charge is 0.485 e. The molecule has 0 aliphatic carbocycles. The van der Waals surface area contributed by atoms with Crippen LogP contribution in [0.2, 0.25) is 0 Å². The number of rotatable bonds is 5. The SMILES string of the molecule is CCCNCc1sc(C2COc3ccccc3O2)nc1C. The second-order valence-electron chi connectivity index (χ2n) is 5.10. The molecule has 1 aliphatic heterocycles. The van der Waals surface area contributed by atoms with Crippen LogP contribution in [0, 0.1) is 6.92 Å². The van der Waals surface area contributed by atoms with E-state index in [1.165, 1.54) is 4.88 Å². The molecule has 0 saturated heterocycles. The van der Waals surface area contributed by atoms with Crippen LogP contribution in [0.4, 0.5) is 0 Å². The van der Waals surface area contributed by atoms with Crippen LogP contribution in [-0.4, -0.2) is 18.1 Å². The predicted molar refractivity (Wildman–Crippen MR) is 84.2 cm³/mol. The molecule has 1 atom stereocenters. The van der Waals surface area contributed by atoms with Gasteiger partial charge in [0.25, 0.3) is 0 Å². The van der Waals surface area contributed by atoms with Gasteiger partial charge in [0.1, 0.15) is 11.6 Å². The zero-order chi connectivity index (χ0) is 14.7. The van der Waals surface area contributed by atoms with E-state index in [-0.39, 0.29) is 6.10 Å². The van der Waals surface area contributed by atoms with Gasteiger partial charge < -0.3 is 14.8 Å². The summed E-state index contributed by atoms with van der Waals surface area (Å²) >= 11 is 1.71. The zero-order valence-electron chi connectivity index (χ0n) is 12.4. The van der Waals surface area contributed by atoms with Crippen LogP contribution in [0.25, 0.3) is 0 Å². The van der Waals surface area contributed by atoms with Crippen molar-refractivity contribution in [1.82, 2.24) is 10.3 Å². The van der Waals surface area contributed by atoms with Gasteiger partial charge in [0.2, 0.25) is 0 Å². The van der Waals surface area contributed by atoms with E-state index >= 15 is 0 Å². The van der Waals surface area contributed by atoms with Gasteiger partial charge in [-0.1, -0.05) is 19.1 Å². The number of nitrogens with zero attached hydrogens (tertiary/aromatic N) is 1. The maximum Gasteiger partial charge on any atom is 0.184 e. The standard InChI is InChI=1S/C16H20N2O2S/c1-3-8-17-9-15-11(2)18-16(21-15)14-10-19-12-6-4-5-7-13(12)20-14/h4-7,14,17H,3,8-10H2,1-2H3. The fourth-order valence-electron chi connectivity index (χ4n) is 2.27. The summed E-state index contributed by atoms with van der Waals surface area (Å²) in [7, 11) is 0. The number of nitrogens with one attached hydrogen (secondary N) is 1. The maximum atomic E-state index is 6.01. The molecule has 1 aliphatic rings. The molecule has 0 amide bonds. The lowest BCUT2D eigenvalue weighted by Gasteiger charge is -2.24. The molecule has 1 unspecified atom stereocenters. The lowest BCUT2D eigenvalue weighted by Crippen LogP contribution is -2.21.